The highest BCUT2D eigenvalue weighted by Gasteiger charge is 2.42. The van der Waals surface area contributed by atoms with Crippen molar-refractivity contribution in [3.63, 3.8) is 0 Å². The summed E-state index contributed by atoms with van der Waals surface area (Å²) in [5, 5.41) is 16.3. The molecule has 0 amide bonds. The number of hydrogen-bond donors (Lipinski definition) is 3. The molecule has 42 heavy (non-hydrogen) atoms. The van der Waals surface area contributed by atoms with E-state index in [2.05, 4.69) is 19.5 Å². The highest BCUT2D eigenvalue weighted by Crippen LogP contribution is 2.46. The fourth-order valence-electron chi connectivity index (χ4n) is 5.70. The van der Waals surface area contributed by atoms with E-state index in [9.17, 15) is 26.7 Å². The van der Waals surface area contributed by atoms with Crippen LogP contribution in [0.15, 0.2) is 52.7 Å². The zero-order valence-electron chi connectivity index (χ0n) is 22.0. The molecular weight excluding hydrogens is 615 g/mol. The number of amidine groups is 1. The van der Waals surface area contributed by atoms with Crippen molar-refractivity contribution < 1.29 is 26.7 Å². The Kier molecular flexibility index (Phi) is 8.15. The van der Waals surface area contributed by atoms with Crippen molar-refractivity contribution in [3.05, 3.63) is 74.8 Å². The lowest BCUT2D eigenvalue weighted by molar-refractivity contribution is 0.0564. The van der Waals surface area contributed by atoms with E-state index in [4.69, 9.17) is 16.6 Å². The minimum Gasteiger partial charge on any atom is -0.393 e. The van der Waals surface area contributed by atoms with E-state index >= 15 is 0 Å². The third kappa shape index (κ3) is 5.98. The molecule has 2 aliphatic heterocycles. The second-order valence-corrected chi connectivity index (χ2v) is 13.2. The molecule has 0 bridgehead atoms. The second-order valence-electron chi connectivity index (χ2n) is 10.4. The van der Waals surface area contributed by atoms with Gasteiger partial charge < -0.3 is 10.0 Å². The molecule has 1 saturated heterocycles. The Morgan fingerprint density at radius 2 is 1.88 bits per heavy atom. The van der Waals surface area contributed by atoms with Gasteiger partial charge in [-0.1, -0.05) is 17.7 Å². The first kappa shape index (κ1) is 29.3. The van der Waals surface area contributed by atoms with Crippen molar-refractivity contribution in [2.75, 3.05) is 6.54 Å². The molecule has 3 aliphatic rings. The lowest BCUT2D eigenvalue weighted by atomic mass is 9.92. The third-order valence-electron chi connectivity index (χ3n) is 7.57. The van der Waals surface area contributed by atoms with Gasteiger partial charge in [-0.25, -0.2) is 14.1 Å². The molecule has 224 valence electrons. The average molecular weight is 642 g/mol. The van der Waals surface area contributed by atoms with Gasteiger partial charge in [0.2, 0.25) is 0 Å². The average Bonchev–Trinajstić information content (AvgIpc) is 3.70. The Morgan fingerprint density at radius 1 is 1.12 bits per heavy atom. The number of aliphatic imine (C=N–C) groups is 1. The van der Waals surface area contributed by atoms with Crippen LogP contribution in [0.2, 0.25) is 5.02 Å². The van der Waals surface area contributed by atoms with E-state index in [1.54, 1.807) is 11.6 Å². The van der Waals surface area contributed by atoms with Gasteiger partial charge in [0.1, 0.15) is 11.9 Å². The van der Waals surface area contributed by atoms with Crippen molar-refractivity contribution in [2.45, 2.75) is 62.9 Å². The van der Waals surface area contributed by atoms with E-state index in [0.717, 1.165) is 12.3 Å². The number of aliphatic hydroxyl groups is 1. The molecule has 1 aliphatic carbocycles. The fourth-order valence-corrected chi connectivity index (χ4v) is 7.95. The Hall–Kier alpha value is -2.82. The number of thiazole rings is 1. The molecule has 16 heteroatoms. The zero-order chi connectivity index (χ0) is 29.6. The predicted molar refractivity (Wildman–Crippen MR) is 152 cm³/mol. The van der Waals surface area contributed by atoms with Gasteiger partial charge in [0, 0.05) is 64.7 Å². The maximum absolute atomic E-state index is 14.0. The Morgan fingerprint density at radius 3 is 2.55 bits per heavy atom. The van der Waals surface area contributed by atoms with Gasteiger partial charge in [0.15, 0.2) is 10.8 Å². The Balaban J connectivity index is 1.40. The first-order valence-corrected chi connectivity index (χ1v) is 16.1. The molecule has 1 aromatic carbocycles. The van der Waals surface area contributed by atoms with Gasteiger partial charge in [0.25, 0.3) is 10.2 Å². The lowest BCUT2D eigenvalue weighted by Crippen LogP contribution is -2.48. The lowest BCUT2D eigenvalue weighted by Gasteiger charge is -2.32. The maximum Gasteiger partial charge on any atom is 0.333 e. The quantitative estimate of drug-likeness (QED) is 0.338. The molecule has 2 aromatic heterocycles. The van der Waals surface area contributed by atoms with Gasteiger partial charge >= 0.3 is 6.55 Å². The number of rotatable bonds is 8. The predicted octanol–water partition coefficient (Wildman–Crippen LogP) is 4.24. The molecule has 2 atom stereocenters. The van der Waals surface area contributed by atoms with Gasteiger partial charge in [0.05, 0.1) is 11.8 Å². The highest BCUT2D eigenvalue weighted by atomic mass is 35.5. The summed E-state index contributed by atoms with van der Waals surface area (Å²) in [6, 6.07) is 3.58. The molecular formula is C26H27ClF3N7O3S2. The number of halogens is 4. The minimum absolute atomic E-state index is 0.0964. The van der Waals surface area contributed by atoms with Crippen molar-refractivity contribution in [1.29, 1.82) is 0 Å². The van der Waals surface area contributed by atoms with E-state index in [1.165, 1.54) is 29.5 Å². The van der Waals surface area contributed by atoms with Crippen molar-refractivity contribution >= 4 is 44.6 Å². The van der Waals surface area contributed by atoms with Crippen LogP contribution < -0.4 is 9.44 Å². The van der Waals surface area contributed by atoms with Crippen LogP contribution in [0.1, 0.15) is 61.0 Å². The molecule has 10 nitrogen and oxygen atoms in total. The number of benzene rings is 1. The molecule has 3 aromatic rings. The Bertz CT molecular complexity index is 1620. The van der Waals surface area contributed by atoms with Crippen LogP contribution in [-0.4, -0.2) is 63.8 Å². The summed E-state index contributed by atoms with van der Waals surface area (Å²) in [6.07, 6.45) is 4.65. The fraction of sp³-hybridized carbons (Fsp3) is 0.423. The number of alkyl halides is 2. The first-order chi connectivity index (χ1) is 20.1. The number of nitrogens with one attached hydrogen (secondary N) is 2. The van der Waals surface area contributed by atoms with E-state index in [1.807, 2.05) is 4.90 Å². The molecule has 3 N–H and O–H groups in total. The van der Waals surface area contributed by atoms with E-state index in [-0.39, 0.29) is 29.7 Å². The number of nitrogens with zero attached hydrogens (tertiary/aromatic N) is 5. The van der Waals surface area contributed by atoms with Gasteiger partial charge in [-0.2, -0.15) is 31.7 Å². The maximum atomic E-state index is 14.0. The number of fused-ring (bicyclic) bond motifs is 1. The molecule has 0 unspecified atom stereocenters. The van der Waals surface area contributed by atoms with Crippen molar-refractivity contribution in [3.8, 4) is 0 Å². The normalized spacial score (nSPS) is 24.8. The van der Waals surface area contributed by atoms with Gasteiger partial charge in [-0.3, -0.25) is 4.99 Å². The molecule has 4 heterocycles. The molecule has 1 saturated carbocycles. The highest BCUT2D eigenvalue weighted by molar-refractivity contribution is 7.87. The summed E-state index contributed by atoms with van der Waals surface area (Å²) in [7, 11) is -3.93. The minimum atomic E-state index is -3.93. The summed E-state index contributed by atoms with van der Waals surface area (Å²) in [4.78, 5) is 11.2. The third-order valence-corrected chi connectivity index (χ3v) is 9.95. The summed E-state index contributed by atoms with van der Waals surface area (Å²) >= 11 is 7.82. The number of aliphatic hydroxyl groups excluding tert-OH is 1. The largest absolute Gasteiger partial charge is 0.393 e. The molecule has 0 spiro atoms. The standard InChI is InChI=1S/C26H27ClF3N7O3S2/c27-19-11-14(28)1-6-18(19)23-22(20-7-9-37(33-20)26(29)30)21-12-16(13-36(21)24(32-23)25-31-8-10-41-25)35-42(39,40)34-15-2-4-17(38)5-3-15/h1,6-11,15-17,23,26,34-35,38H,2-5,12-13H2/t15?,16-,17?,23-/m0/s1. The summed E-state index contributed by atoms with van der Waals surface area (Å²) < 4.78 is 73.3. The first-order valence-electron chi connectivity index (χ1n) is 13.3. The number of hydrogen-bond acceptors (Lipinski definition) is 8. The van der Waals surface area contributed by atoms with Crippen LogP contribution in [0, 0.1) is 5.82 Å². The van der Waals surface area contributed by atoms with Crippen molar-refractivity contribution in [1.82, 2.24) is 29.1 Å². The van der Waals surface area contributed by atoms with Crippen molar-refractivity contribution in [2.24, 2.45) is 4.99 Å². The summed E-state index contributed by atoms with van der Waals surface area (Å²) in [5.74, 6) is -0.0878. The van der Waals surface area contributed by atoms with Crippen LogP contribution in [-0.2, 0) is 10.2 Å². The zero-order valence-corrected chi connectivity index (χ0v) is 24.4. The molecule has 6 rings (SSSR count). The van der Waals surface area contributed by atoms with Gasteiger partial charge in [-0.15, -0.1) is 11.3 Å². The topological polar surface area (TPSA) is 125 Å². The SMILES string of the molecule is O=S(=O)(NC1CCC(O)CC1)N[C@H]1CC2=C(c3ccn(C(F)F)n3)[C@H](c3ccc(F)cc3Cl)N=C(c3nccs3)N2C1. The van der Waals surface area contributed by atoms with Gasteiger partial charge in [-0.05, 0) is 43.9 Å². The smallest absolute Gasteiger partial charge is 0.333 e. The monoisotopic (exact) mass is 641 g/mol. The van der Waals surface area contributed by atoms with Crippen LogP contribution in [0.4, 0.5) is 13.2 Å². The summed E-state index contributed by atoms with van der Waals surface area (Å²) in [5.41, 5.74) is 1.73. The van der Waals surface area contributed by atoms with E-state index in [0.29, 0.717) is 58.0 Å². The summed E-state index contributed by atoms with van der Waals surface area (Å²) in [6.45, 7) is -2.68. The molecule has 0 radical (unpaired) electrons. The van der Waals surface area contributed by atoms with Crippen LogP contribution >= 0.6 is 22.9 Å². The van der Waals surface area contributed by atoms with Crippen LogP contribution in [0.5, 0.6) is 0 Å². The van der Waals surface area contributed by atoms with E-state index < -0.39 is 40.8 Å². The number of aromatic nitrogens is 3. The second kappa shape index (κ2) is 11.7. The Labute approximate surface area is 249 Å². The van der Waals surface area contributed by atoms with Crippen LogP contribution in [0.3, 0.4) is 0 Å². The molecule has 2 fully saturated rings. The van der Waals surface area contributed by atoms with Crippen LogP contribution in [0.25, 0.3) is 5.57 Å².